The number of ether oxygens (including phenoxy) is 1. The highest BCUT2D eigenvalue weighted by molar-refractivity contribution is 9.12. The molecule has 2 amide bonds. The van der Waals surface area contributed by atoms with Crippen molar-refractivity contribution in [1.29, 1.82) is 0 Å². The van der Waals surface area contributed by atoms with E-state index in [0.717, 1.165) is 0 Å². The normalized spacial score (nSPS) is 18.2. The molecular weight excluding hydrogens is 663 g/mol. The molecule has 1 saturated heterocycles. The number of carboxylic acids is 1. The van der Waals surface area contributed by atoms with Crippen molar-refractivity contribution in [2.75, 3.05) is 13.1 Å². The number of carbonyl (C=O) groups excluding carboxylic acids is 2. The smallest absolute Gasteiger partial charge is 0.326 e. The number of halogens is 4. The molecule has 1 aliphatic rings. The number of rotatable bonds is 11. The zero-order valence-corrected chi connectivity index (χ0v) is 25.7. The maximum Gasteiger partial charge on any atom is 0.326 e. The van der Waals surface area contributed by atoms with Crippen molar-refractivity contribution in [2.24, 2.45) is 5.41 Å². The predicted molar refractivity (Wildman–Crippen MR) is 156 cm³/mol. The van der Waals surface area contributed by atoms with Crippen molar-refractivity contribution in [2.45, 2.75) is 55.4 Å². The molecule has 206 valence electrons. The number of carbonyl (C=O) groups is 3. The van der Waals surface area contributed by atoms with Gasteiger partial charge in [-0.3, -0.25) is 9.59 Å². The zero-order chi connectivity index (χ0) is 28.0. The number of benzene rings is 2. The number of nitrogens with one attached hydrogen (secondary N) is 1. The standard InChI is InChI=1S/C27H30Br2Cl2N2O5/c1-3-27(4-2,26(37)33-13-19(28)20(29)14-33)25(36)32-23(24(34)35)12-16-8-10-17(11-9-16)38-15-18-21(30)6-5-7-22(18)31/h5-11,19-20,23H,3-4,12-15H2,1-2H3,(H,32,36)(H,34,35)/t19-,20-,23-/m0/s1. The number of amides is 2. The molecule has 2 N–H and O–H groups in total. The Morgan fingerprint density at radius 3 is 2.11 bits per heavy atom. The molecule has 2 aromatic rings. The highest BCUT2D eigenvalue weighted by Crippen LogP contribution is 2.34. The van der Waals surface area contributed by atoms with Crippen molar-refractivity contribution in [3.8, 4) is 5.75 Å². The molecule has 7 nitrogen and oxygen atoms in total. The van der Waals surface area contributed by atoms with Gasteiger partial charge in [-0.1, -0.05) is 87.1 Å². The fourth-order valence-corrected chi connectivity index (χ4v) is 5.98. The molecule has 3 rings (SSSR count). The first-order chi connectivity index (χ1) is 18.0. The second-order valence-electron chi connectivity index (χ2n) is 9.23. The van der Waals surface area contributed by atoms with Crippen molar-refractivity contribution in [3.05, 3.63) is 63.6 Å². The van der Waals surface area contributed by atoms with Crippen LogP contribution >= 0.6 is 55.1 Å². The zero-order valence-electron chi connectivity index (χ0n) is 21.1. The molecule has 2 aromatic carbocycles. The van der Waals surface area contributed by atoms with Gasteiger partial charge in [-0.2, -0.15) is 0 Å². The highest BCUT2D eigenvalue weighted by atomic mass is 79.9. The van der Waals surface area contributed by atoms with Gasteiger partial charge in [-0.15, -0.1) is 0 Å². The number of hydrogen-bond acceptors (Lipinski definition) is 4. The Kier molecular flexibility index (Phi) is 10.9. The van der Waals surface area contributed by atoms with E-state index in [9.17, 15) is 19.5 Å². The lowest BCUT2D eigenvalue weighted by Gasteiger charge is -2.34. The lowest BCUT2D eigenvalue weighted by Crippen LogP contribution is -2.55. The summed E-state index contributed by atoms with van der Waals surface area (Å²) < 4.78 is 5.79. The Balaban J connectivity index is 1.68. The maximum absolute atomic E-state index is 13.5. The average molecular weight is 693 g/mol. The Hall–Kier alpha value is -1.81. The van der Waals surface area contributed by atoms with E-state index in [2.05, 4.69) is 37.2 Å². The van der Waals surface area contributed by atoms with E-state index in [1.807, 2.05) is 0 Å². The van der Waals surface area contributed by atoms with Crippen LogP contribution in [0.3, 0.4) is 0 Å². The third-order valence-electron chi connectivity index (χ3n) is 6.93. The third-order valence-corrected chi connectivity index (χ3v) is 10.2. The second-order valence-corrected chi connectivity index (χ2v) is 12.4. The molecule has 38 heavy (non-hydrogen) atoms. The van der Waals surface area contributed by atoms with Gasteiger partial charge in [0.05, 0.1) is 0 Å². The largest absolute Gasteiger partial charge is 0.489 e. The van der Waals surface area contributed by atoms with Gasteiger partial charge in [0, 0.05) is 44.8 Å². The number of carboxylic acid groups (broad SMARTS) is 1. The van der Waals surface area contributed by atoms with E-state index >= 15 is 0 Å². The first kappa shape index (κ1) is 30.7. The van der Waals surface area contributed by atoms with Gasteiger partial charge in [-0.25, -0.2) is 4.79 Å². The highest BCUT2D eigenvalue weighted by Gasteiger charge is 2.48. The molecule has 0 aliphatic carbocycles. The quantitative estimate of drug-likeness (QED) is 0.227. The van der Waals surface area contributed by atoms with Crippen LogP contribution in [0.2, 0.25) is 10.0 Å². The summed E-state index contributed by atoms with van der Waals surface area (Å²) in [5, 5.41) is 13.5. The molecule has 0 bridgehead atoms. The summed E-state index contributed by atoms with van der Waals surface area (Å²) in [6.45, 7) is 4.68. The molecule has 0 aromatic heterocycles. The summed E-state index contributed by atoms with van der Waals surface area (Å²) in [7, 11) is 0. The van der Waals surface area contributed by atoms with Crippen LogP contribution in [0.25, 0.3) is 0 Å². The number of alkyl halides is 2. The van der Waals surface area contributed by atoms with E-state index < -0.39 is 23.3 Å². The molecule has 11 heteroatoms. The lowest BCUT2D eigenvalue weighted by atomic mass is 9.79. The van der Waals surface area contributed by atoms with Crippen LogP contribution in [0.1, 0.15) is 37.8 Å². The monoisotopic (exact) mass is 690 g/mol. The predicted octanol–water partition coefficient (Wildman–Crippen LogP) is 5.86. The van der Waals surface area contributed by atoms with E-state index in [1.54, 1.807) is 61.2 Å². The number of hydrogen-bond donors (Lipinski definition) is 2. The second kappa shape index (κ2) is 13.5. The van der Waals surface area contributed by atoms with Gasteiger partial charge in [-0.05, 0) is 42.7 Å². The maximum atomic E-state index is 13.5. The topological polar surface area (TPSA) is 95.9 Å². The minimum Gasteiger partial charge on any atom is -0.489 e. The molecule has 3 atom stereocenters. The van der Waals surface area contributed by atoms with Crippen LogP contribution in [0.4, 0.5) is 0 Å². The summed E-state index contributed by atoms with van der Waals surface area (Å²) in [6, 6.07) is 10.9. The van der Waals surface area contributed by atoms with Gasteiger partial charge in [0.15, 0.2) is 0 Å². The van der Waals surface area contributed by atoms with Gasteiger partial charge in [0.1, 0.15) is 23.8 Å². The van der Waals surface area contributed by atoms with Gasteiger partial charge in [0.25, 0.3) is 0 Å². The average Bonchev–Trinajstić information content (AvgIpc) is 3.23. The summed E-state index contributed by atoms with van der Waals surface area (Å²) in [4.78, 5) is 40.8. The summed E-state index contributed by atoms with van der Waals surface area (Å²) in [6.07, 6.45) is 0.572. The third kappa shape index (κ3) is 7.03. The van der Waals surface area contributed by atoms with Crippen molar-refractivity contribution >= 4 is 72.8 Å². The van der Waals surface area contributed by atoms with Crippen LogP contribution < -0.4 is 10.1 Å². The van der Waals surface area contributed by atoms with Crippen LogP contribution in [0.5, 0.6) is 5.75 Å². The van der Waals surface area contributed by atoms with Crippen LogP contribution in [0, 0.1) is 5.41 Å². The molecular formula is C27H30Br2Cl2N2O5. The number of nitrogens with zero attached hydrogens (tertiary/aromatic N) is 1. The number of likely N-dealkylation sites (tertiary alicyclic amines) is 1. The number of aliphatic carboxylic acids is 1. The van der Waals surface area contributed by atoms with Gasteiger partial charge < -0.3 is 20.1 Å². The Morgan fingerprint density at radius 1 is 1.05 bits per heavy atom. The molecule has 0 saturated carbocycles. The Bertz CT molecular complexity index is 1130. The molecule has 1 heterocycles. The van der Waals surface area contributed by atoms with E-state index in [0.29, 0.717) is 40.0 Å². The van der Waals surface area contributed by atoms with Crippen LogP contribution in [0.15, 0.2) is 42.5 Å². The Labute approximate surface area is 249 Å². The molecule has 1 fully saturated rings. The summed E-state index contributed by atoms with van der Waals surface area (Å²) in [5.41, 5.74) is 0.0232. The summed E-state index contributed by atoms with van der Waals surface area (Å²) in [5.74, 6) is -1.47. The molecule has 0 spiro atoms. The van der Waals surface area contributed by atoms with Gasteiger partial charge >= 0.3 is 5.97 Å². The fraction of sp³-hybridized carbons (Fsp3) is 0.444. The molecule has 0 radical (unpaired) electrons. The first-order valence-corrected chi connectivity index (χ1v) is 14.9. The minimum atomic E-state index is -1.34. The fourth-order valence-electron chi connectivity index (χ4n) is 4.44. The lowest BCUT2D eigenvalue weighted by molar-refractivity contribution is -0.153. The SMILES string of the molecule is CCC(CC)(C(=O)N[C@@H](Cc1ccc(OCc2c(Cl)cccc2Cl)cc1)C(=O)O)C(=O)N1C[C@H](Br)[C@@H](Br)C1. The van der Waals surface area contributed by atoms with E-state index in [-0.39, 0.29) is 41.4 Å². The minimum absolute atomic E-state index is 0.0477. The summed E-state index contributed by atoms with van der Waals surface area (Å²) >= 11 is 19.5. The van der Waals surface area contributed by atoms with Crippen molar-refractivity contribution in [1.82, 2.24) is 10.2 Å². The molecule has 1 aliphatic heterocycles. The molecule has 0 unspecified atom stereocenters. The van der Waals surface area contributed by atoms with E-state index in [1.165, 1.54) is 0 Å². The first-order valence-electron chi connectivity index (χ1n) is 12.3. The van der Waals surface area contributed by atoms with Crippen LogP contribution in [-0.4, -0.2) is 56.6 Å². The van der Waals surface area contributed by atoms with Gasteiger partial charge in [0.2, 0.25) is 11.8 Å². The van der Waals surface area contributed by atoms with Crippen molar-refractivity contribution < 1.29 is 24.2 Å². The van der Waals surface area contributed by atoms with E-state index in [4.69, 9.17) is 27.9 Å². The van der Waals surface area contributed by atoms with Crippen LogP contribution in [-0.2, 0) is 27.4 Å². The Morgan fingerprint density at radius 2 is 1.61 bits per heavy atom. The van der Waals surface area contributed by atoms with Crippen molar-refractivity contribution in [3.63, 3.8) is 0 Å².